The van der Waals surface area contributed by atoms with Crippen molar-refractivity contribution in [3.05, 3.63) is 77.8 Å². The number of furan rings is 1. The number of carbonyl (C=O) groups is 1. The molecule has 2 aromatic heterocycles. The summed E-state index contributed by atoms with van der Waals surface area (Å²) >= 11 is 0. The van der Waals surface area contributed by atoms with Crippen LogP contribution in [0.4, 0.5) is 5.69 Å². The van der Waals surface area contributed by atoms with Gasteiger partial charge in [0.05, 0.1) is 5.56 Å². The van der Waals surface area contributed by atoms with E-state index in [1.807, 2.05) is 60.7 Å². The second-order valence-electron chi connectivity index (χ2n) is 7.79. The minimum Gasteiger partial charge on any atom is -0.485 e. The van der Waals surface area contributed by atoms with Crippen molar-refractivity contribution in [3.63, 3.8) is 0 Å². The Morgan fingerprint density at radius 1 is 1.09 bits per heavy atom. The van der Waals surface area contributed by atoms with E-state index in [0.717, 1.165) is 52.5 Å². The van der Waals surface area contributed by atoms with E-state index in [2.05, 4.69) is 32.9 Å². The lowest BCUT2D eigenvalue weighted by molar-refractivity contribution is 0.102. The van der Waals surface area contributed by atoms with Crippen molar-refractivity contribution < 1.29 is 13.9 Å². The molecule has 33 heavy (non-hydrogen) atoms. The van der Waals surface area contributed by atoms with Crippen LogP contribution in [0.15, 0.2) is 65.1 Å². The van der Waals surface area contributed by atoms with Crippen LogP contribution in [0.5, 0.6) is 5.75 Å². The van der Waals surface area contributed by atoms with Crippen LogP contribution in [0.1, 0.15) is 41.7 Å². The molecule has 0 bridgehead atoms. The molecule has 0 fully saturated rings. The Morgan fingerprint density at radius 2 is 1.94 bits per heavy atom. The largest absolute Gasteiger partial charge is 0.485 e. The first-order chi connectivity index (χ1) is 16.2. The summed E-state index contributed by atoms with van der Waals surface area (Å²) in [6.45, 7) is 2.36. The molecule has 5 rings (SSSR count). The Bertz CT molecular complexity index is 1410. The number of aromatic amines is 1. The van der Waals surface area contributed by atoms with Gasteiger partial charge in [0.25, 0.3) is 5.91 Å². The average Bonchev–Trinajstić information content (AvgIpc) is 3.49. The first-order valence-corrected chi connectivity index (χ1v) is 10.9. The van der Waals surface area contributed by atoms with Crippen molar-refractivity contribution in [2.75, 3.05) is 5.32 Å². The van der Waals surface area contributed by atoms with Gasteiger partial charge in [-0.1, -0.05) is 48.9 Å². The number of anilines is 1. The van der Waals surface area contributed by atoms with Gasteiger partial charge in [-0.3, -0.25) is 4.79 Å². The Morgan fingerprint density at radius 3 is 2.79 bits per heavy atom. The van der Waals surface area contributed by atoms with Crippen molar-refractivity contribution in [1.82, 2.24) is 20.6 Å². The molecule has 0 saturated carbocycles. The molecule has 0 atom stereocenters. The zero-order valence-electron chi connectivity index (χ0n) is 18.2. The number of H-pyrrole nitrogens is 1. The third-order valence-corrected chi connectivity index (χ3v) is 5.48. The maximum atomic E-state index is 13.3. The van der Waals surface area contributed by atoms with Crippen LogP contribution < -0.4 is 10.1 Å². The summed E-state index contributed by atoms with van der Waals surface area (Å²) in [6, 6.07) is 19.2. The number of ether oxygens (including phenoxy) is 1. The van der Waals surface area contributed by atoms with Crippen molar-refractivity contribution in [1.29, 1.82) is 0 Å². The maximum absolute atomic E-state index is 13.3. The second-order valence-corrected chi connectivity index (χ2v) is 7.79. The molecular weight excluding hydrogens is 418 g/mol. The molecule has 166 valence electrons. The van der Waals surface area contributed by atoms with E-state index in [1.165, 1.54) is 0 Å². The number of fused-ring (bicyclic) bond motifs is 2. The van der Waals surface area contributed by atoms with Gasteiger partial charge in [-0.15, -0.1) is 10.2 Å². The number of unbranched alkanes of at least 4 members (excludes halogenated alkanes) is 1. The molecule has 0 unspecified atom stereocenters. The van der Waals surface area contributed by atoms with Crippen LogP contribution >= 0.6 is 0 Å². The highest BCUT2D eigenvalue weighted by atomic mass is 16.5. The third-order valence-electron chi connectivity index (χ3n) is 5.48. The van der Waals surface area contributed by atoms with Crippen LogP contribution in [-0.4, -0.2) is 26.5 Å². The highest BCUT2D eigenvalue weighted by molar-refractivity contribution is 6.13. The van der Waals surface area contributed by atoms with Gasteiger partial charge < -0.3 is 14.5 Å². The number of rotatable bonds is 8. The van der Waals surface area contributed by atoms with Crippen LogP contribution in [0.25, 0.3) is 21.7 Å². The highest BCUT2D eigenvalue weighted by Gasteiger charge is 2.20. The lowest BCUT2D eigenvalue weighted by atomic mass is 10.1. The number of hydrogen-bond donors (Lipinski definition) is 2. The van der Waals surface area contributed by atoms with Gasteiger partial charge in [-0.25, -0.2) is 0 Å². The zero-order valence-corrected chi connectivity index (χ0v) is 18.2. The number of nitrogens with zero attached hydrogens (tertiary/aromatic N) is 3. The summed E-state index contributed by atoms with van der Waals surface area (Å²) in [5.74, 6) is 1.76. The van der Waals surface area contributed by atoms with E-state index >= 15 is 0 Å². The average molecular weight is 441 g/mol. The number of para-hydroxylation sites is 1. The minimum atomic E-state index is -0.162. The molecule has 3 aromatic carbocycles. The molecule has 0 aliphatic heterocycles. The van der Waals surface area contributed by atoms with Gasteiger partial charge in [0.2, 0.25) is 5.82 Å². The predicted octanol–water partition coefficient (Wildman–Crippen LogP) is 5.27. The van der Waals surface area contributed by atoms with E-state index in [0.29, 0.717) is 17.1 Å². The van der Waals surface area contributed by atoms with E-state index in [1.54, 1.807) is 0 Å². The van der Waals surface area contributed by atoms with Gasteiger partial charge >= 0.3 is 0 Å². The van der Waals surface area contributed by atoms with Crippen LogP contribution in [0.3, 0.4) is 0 Å². The maximum Gasteiger partial charge on any atom is 0.259 e. The number of hydrogen-bond acceptors (Lipinski definition) is 6. The molecular formula is C25H23N5O3. The normalized spacial score (nSPS) is 11.2. The minimum absolute atomic E-state index is 0.162. The predicted molar refractivity (Wildman–Crippen MR) is 125 cm³/mol. The molecule has 0 aliphatic carbocycles. The number of nitrogens with one attached hydrogen (secondary N) is 2. The van der Waals surface area contributed by atoms with Crippen LogP contribution in [0.2, 0.25) is 0 Å². The number of tetrazole rings is 1. The quantitative estimate of drug-likeness (QED) is 0.340. The van der Waals surface area contributed by atoms with Gasteiger partial charge in [0, 0.05) is 17.5 Å². The fraction of sp³-hybridized carbons (Fsp3) is 0.200. The standard InChI is InChI=1S/C25H23N5O3/c1-2-3-7-22-24(20-6-4-5-8-21(20)33-22)25(31)26-18-11-9-17-14-19(12-10-16(17)13-18)32-15-23-27-29-30-28-23/h4-6,8-14H,2-3,7,15H2,1H3,(H,26,31)(H,27,28,29,30). The Labute approximate surface area is 189 Å². The molecule has 0 radical (unpaired) electrons. The molecule has 0 aliphatic rings. The van der Waals surface area contributed by atoms with E-state index in [-0.39, 0.29) is 12.5 Å². The number of amides is 1. The SMILES string of the molecule is CCCCc1oc2ccccc2c1C(=O)Nc1ccc2cc(OCc3nn[nH]n3)ccc2c1. The van der Waals surface area contributed by atoms with E-state index in [4.69, 9.17) is 9.15 Å². The lowest BCUT2D eigenvalue weighted by Crippen LogP contribution is -2.13. The Hall–Kier alpha value is -4.20. The summed E-state index contributed by atoms with van der Waals surface area (Å²) in [5.41, 5.74) is 2.07. The number of carbonyl (C=O) groups excluding carboxylic acids is 1. The summed E-state index contributed by atoms with van der Waals surface area (Å²) in [4.78, 5) is 13.3. The molecule has 2 N–H and O–H groups in total. The number of aromatic nitrogens is 4. The molecule has 8 heteroatoms. The summed E-state index contributed by atoms with van der Waals surface area (Å²) in [7, 11) is 0. The lowest BCUT2D eigenvalue weighted by Gasteiger charge is -2.09. The smallest absolute Gasteiger partial charge is 0.259 e. The van der Waals surface area contributed by atoms with Crippen molar-refractivity contribution in [2.45, 2.75) is 32.8 Å². The summed E-state index contributed by atoms with van der Waals surface area (Å²) < 4.78 is 11.7. The van der Waals surface area contributed by atoms with E-state index in [9.17, 15) is 4.79 Å². The molecule has 5 aromatic rings. The first kappa shape index (κ1) is 20.7. The van der Waals surface area contributed by atoms with Crippen molar-refractivity contribution in [3.8, 4) is 5.75 Å². The highest BCUT2D eigenvalue weighted by Crippen LogP contribution is 2.29. The molecule has 0 saturated heterocycles. The molecule has 0 spiro atoms. The topological polar surface area (TPSA) is 106 Å². The van der Waals surface area contributed by atoms with Gasteiger partial charge in [0.1, 0.15) is 17.1 Å². The Balaban J connectivity index is 1.36. The Kier molecular flexibility index (Phi) is 5.72. The second kappa shape index (κ2) is 9.12. The molecule has 8 nitrogen and oxygen atoms in total. The van der Waals surface area contributed by atoms with Gasteiger partial charge in [-0.05, 0) is 47.5 Å². The zero-order chi connectivity index (χ0) is 22.6. The fourth-order valence-corrected chi connectivity index (χ4v) is 3.83. The van der Waals surface area contributed by atoms with Gasteiger partial charge in [-0.2, -0.15) is 5.21 Å². The molecule has 2 heterocycles. The summed E-state index contributed by atoms with van der Waals surface area (Å²) in [5, 5.41) is 19.5. The molecule has 1 amide bonds. The number of aryl methyl sites for hydroxylation is 1. The fourth-order valence-electron chi connectivity index (χ4n) is 3.83. The van der Waals surface area contributed by atoms with Crippen LogP contribution in [-0.2, 0) is 13.0 Å². The van der Waals surface area contributed by atoms with Crippen molar-refractivity contribution >= 4 is 33.3 Å². The summed E-state index contributed by atoms with van der Waals surface area (Å²) in [6.07, 6.45) is 2.73. The monoisotopic (exact) mass is 441 g/mol. The van der Waals surface area contributed by atoms with Crippen LogP contribution in [0, 0.1) is 0 Å². The van der Waals surface area contributed by atoms with Crippen molar-refractivity contribution in [2.24, 2.45) is 0 Å². The van der Waals surface area contributed by atoms with Gasteiger partial charge in [0.15, 0.2) is 6.61 Å². The first-order valence-electron chi connectivity index (χ1n) is 10.9. The van der Waals surface area contributed by atoms with E-state index < -0.39 is 0 Å². The third kappa shape index (κ3) is 4.41. The number of benzene rings is 3.